The average molecular weight is 346 g/mol. The molecule has 1 saturated heterocycles. The zero-order chi connectivity index (χ0) is 18.1. The van der Waals surface area contributed by atoms with E-state index in [2.05, 4.69) is 10.4 Å². The maximum Gasteiger partial charge on any atom is 0.245 e. The van der Waals surface area contributed by atoms with Crippen molar-refractivity contribution in [3.63, 3.8) is 0 Å². The van der Waals surface area contributed by atoms with Gasteiger partial charge in [0.15, 0.2) is 0 Å². The Morgan fingerprint density at radius 1 is 1.40 bits per heavy atom. The van der Waals surface area contributed by atoms with Crippen LogP contribution in [0.3, 0.4) is 0 Å². The third kappa shape index (κ3) is 3.37. The SMILES string of the molecule is COc1ccc(C(C)NC2CCN(c3cc(C)nn3C)C2=O)c(F)c1. The second kappa shape index (κ2) is 6.84. The number of anilines is 1. The summed E-state index contributed by atoms with van der Waals surface area (Å²) < 4.78 is 21.0. The van der Waals surface area contributed by atoms with Gasteiger partial charge in [0.2, 0.25) is 5.91 Å². The van der Waals surface area contributed by atoms with Crippen LogP contribution >= 0.6 is 0 Å². The highest BCUT2D eigenvalue weighted by atomic mass is 19.1. The lowest BCUT2D eigenvalue weighted by atomic mass is 10.1. The molecule has 134 valence electrons. The molecule has 1 N–H and O–H groups in total. The number of amides is 1. The van der Waals surface area contributed by atoms with Crippen LogP contribution in [0.4, 0.5) is 10.2 Å². The zero-order valence-corrected chi connectivity index (χ0v) is 14.9. The minimum absolute atomic E-state index is 0.0104. The number of carbonyl (C=O) groups excluding carboxylic acids is 1. The van der Waals surface area contributed by atoms with Crippen LogP contribution in [0.5, 0.6) is 5.75 Å². The second-order valence-electron chi connectivity index (χ2n) is 6.37. The molecule has 1 amide bonds. The van der Waals surface area contributed by atoms with Gasteiger partial charge in [0.25, 0.3) is 0 Å². The van der Waals surface area contributed by atoms with Gasteiger partial charge in [0.05, 0.1) is 18.8 Å². The molecule has 1 aromatic carbocycles. The molecular formula is C18H23FN4O2. The van der Waals surface area contributed by atoms with Crippen LogP contribution in [0.2, 0.25) is 0 Å². The van der Waals surface area contributed by atoms with Crippen LogP contribution < -0.4 is 15.0 Å². The third-order valence-corrected chi connectivity index (χ3v) is 4.58. The first kappa shape index (κ1) is 17.4. The summed E-state index contributed by atoms with van der Waals surface area (Å²) in [7, 11) is 3.33. The maximum atomic E-state index is 14.2. The van der Waals surface area contributed by atoms with Gasteiger partial charge in [-0.15, -0.1) is 0 Å². The summed E-state index contributed by atoms with van der Waals surface area (Å²) in [6.07, 6.45) is 0.672. The fraction of sp³-hybridized carbons (Fsp3) is 0.444. The number of methoxy groups -OCH3 is 1. The number of aryl methyl sites for hydroxylation is 2. The molecule has 0 spiro atoms. The molecule has 3 rings (SSSR count). The molecule has 0 aliphatic carbocycles. The molecule has 2 unspecified atom stereocenters. The van der Waals surface area contributed by atoms with Crippen molar-refractivity contribution in [1.29, 1.82) is 0 Å². The van der Waals surface area contributed by atoms with Gasteiger partial charge in [-0.3, -0.25) is 19.7 Å². The van der Waals surface area contributed by atoms with Gasteiger partial charge in [0.1, 0.15) is 17.4 Å². The van der Waals surface area contributed by atoms with E-state index in [1.54, 1.807) is 21.7 Å². The van der Waals surface area contributed by atoms with E-state index in [4.69, 9.17) is 4.74 Å². The monoisotopic (exact) mass is 346 g/mol. The van der Waals surface area contributed by atoms with Gasteiger partial charge in [-0.1, -0.05) is 6.07 Å². The van der Waals surface area contributed by atoms with E-state index < -0.39 is 0 Å². The van der Waals surface area contributed by atoms with Crippen molar-refractivity contribution in [2.24, 2.45) is 7.05 Å². The lowest BCUT2D eigenvalue weighted by Crippen LogP contribution is -2.40. The normalized spacial score (nSPS) is 18.7. The van der Waals surface area contributed by atoms with Crippen LogP contribution in [0.25, 0.3) is 0 Å². The van der Waals surface area contributed by atoms with E-state index in [-0.39, 0.29) is 23.8 Å². The topological polar surface area (TPSA) is 59.4 Å². The molecule has 1 aliphatic rings. The zero-order valence-electron chi connectivity index (χ0n) is 14.9. The molecule has 0 radical (unpaired) electrons. The third-order valence-electron chi connectivity index (χ3n) is 4.58. The smallest absolute Gasteiger partial charge is 0.245 e. The van der Waals surface area contributed by atoms with E-state index >= 15 is 0 Å². The number of hydrogen-bond donors (Lipinski definition) is 1. The Bertz CT molecular complexity index is 789. The van der Waals surface area contributed by atoms with Crippen molar-refractivity contribution in [2.75, 3.05) is 18.6 Å². The largest absolute Gasteiger partial charge is 0.497 e. The number of nitrogens with one attached hydrogen (secondary N) is 1. The summed E-state index contributed by atoms with van der Waals surface area (Å²) in [6, 6.07) is 6.03. The van der Waals surface area contributed by atoms with E-state index in [0.29, 0.717) is 24.3 Å². The minimum Gasteiger partial charge on any atom is -0.497 e. The first-order valence-corrected chi connectivity index (χ1v) is 8.32. The molecule has 1 aromatic heterocycles. The maximum absolute atomic E-state index is 14.2. The minimum atomic E-state index is -0.344. The number of nitrogens with zero attached hydrogens (tertiary/aromatic N) is 3. The van der Waals surface area contributed by atoms with Crippen LogP contribution in [0.1, 0.15) is 30.6 Å². The number of rotatable bonds is 5. The van der Waals surface area contributed by atoms with Gasteiger partial charge in [-0.2, -0.15) is 5.10 Å². The summed E-state index contributed by atoms with van der Waals surface area (Å²) in [4.78, 5) is 14.5. The van der Waals surface area contributed by atoms with E-state index in [1.165, 1.54) is 13.2 Å². The number of ether oxygens (including phenoxy) is 1. The highest BCUT2D eigenvalue weighted by Gasteiger charge is 2.35. The fourth-order valence-electron chi connectivity index (χ4n) is 3.29. The van der Waals surface area contributed by atoms with Crippen molar-refractivity contribution >= 4 is 11.7 Å². The molecule has 0 saturated carbocycles. The lowest BCUT2D eigenvalue weighted by molar-refractivity contribution is -0.119. The summed E-state index contributed by atoms with van der Waals surface area (Å²) in [5.74, 6) is 0.908. The quantitative estimate of drug-likeness (QED) is 0.903. The predicted octanol–water partition coefficient (Wildman–Crippen LogP) is 2.33. The van der Waals surface area contributed by atoms with E-state index in [9.17, 15) is 9.18 Å². The Hall–Kier alpha value is -2.41. The Balaban J connectivity index is 1.71. The molecule has 1 aliphatic heterocycles. The number of carbonyl (C=O) groups is 1. The van der Waals surface area contributed by atoms with Crippen LogP contribution in [-0.2, 0) is 11.8 Å². The Morgan fingerprint density at radius 3 is 2.76 bits per heavy atom. The first-order chi connectivity index (χ1) is 11.9. The Labute approximate surface area is 146 Å². The van der Waals surface area contributed by atoms with Crippen molar-refractivity contribution < 1.29 is 13.9 Å². The van der Waals surface area contributed by atoms with Crippen molar-refractivity contribution in [1.82, 2.24) is 15.1 Å². The average Bonchev–Trinajstić information content (AvgIpc) is 3.09. The Morgan fingerprint density at radius 2 is 2.16 bits per heavy atom. The first-order valence-electron chi connectivity index (χ1n) is 8.32. The predicted molar refractivity (Wildman–Crippen MR) is 93.2 cm³/mol. The lowest BCUT2D eigenvalue weighted by Gasteiger charge is -2.21. The van der Waals surface area contributed by atoms with Gasteiger partial charge in [-0.25, -0.2) is 4.39 Å². The van der Waals surface area contributed by atoms with Crippen LogP contribution in [-0.4, -0.2) is 35.4 Å². The molecule has 2 atom stereocenters. The second-order valence-corrected chi connectivity index (χ2v) is 6.37. The molecule has 7 heteroatoms. The van der Waals surface area contributed by atoms with Gasteiger partial charge in [0, 0.05) is 37.3 Å². The highest BCUT2D eigenvalue weighted by Crippen LogP contribution is 2.26. The van der Waals surface area contributed by atoms with Gasteiger partial charge >= 0.3 is 0 Å². The molecule has 2 aromatic rings. The molecule has 25 heavy (non-hydrogen) atoms. The molecule has 2 heterocycles. The summed E-state index contributed by atoms with van der Waals surface area (Å²) in [6.45, 7) is 4.37. The number of benzene rings is 1. The molecular weight excluding hydrogens is 323 g/mol. The standard InChI is InChI=1S/C18H23FN4O2/c1-11-9-17(22(3)21-11)23-8-7-16(18(23)24)20-12(2)14-6-5-13(25-4)10-15(14)19/h5-6,9-10,12,16,20H,7-8H2,1-4H3. The van der Waals surface area contributed by atoms with Gasteiger partial charge in [-0.05, 0) is 26.3 Å². The van der Waals surface area contributed by atoms with E-state index in [0.717, 1.165) is 11.5 Å². The van der Waals surface area contributed by atoms with Crippen molar-refractivity contribution in [2.45, 2.75) is 32.4 Å². The molecule has 0 bridgehead atoms. The summed E-state index contributed by atoms with van der Waals surface area (Å²) in [5.41, 5.74) is 1.39. The fourth-order valence-corrected chi connectivity index (χ4v) is 3.29. The van der Waals surface area contributed by atoms with Gasteiger partial charge < -0.3 is 4.74 Å². The number of hydrogen-bond acceptors (Lipinski definition) is 4. The highest BCUT2D eigenvalue weighted by molar-refractivity contribution is 5.98. The van der Waals surface area contributed by atoms with Crippen LogP contribution in [0, 0.1) is 12.7 Å². The number of aromatic nitrogens is 2. The summed E-state index contributed by atoms with van der Waals surface area (Å²) in [5, 5.41) is 7.54. The van der Waals surface area contributed by atoms with Crippen molar-refractivity contribution in [3.05, 3.63) is 41.3 Å². The van der Waals surface area contributed by atoms with Crippen LogP contribution in [0.15, 0.2) is 24.3 Å². The Kier molecular flexibility index (Phi) is 4.76. The van der Waals surface area contributed by atoms with Crippen molar-refractivity contribution in [3.8, 4) is 5.75 Å². The van der Waals surface area contributed by atoms with E-state index in [1.807, 2.05) is 27.0 Å². The summed E-state index contributed by atoms with van der Waals surface area (Å²) >= 11 is 0. The number of halogens is 1. The molecule has 6 nitrogen and oxygen atoms in total. The molecule has 1 fully saturated rings.